The van der Waals surface area contributed by atoms with Gasteiger partial charge in [-0.3, -0.25) is 14.5 Å². The van der Waals surface area contributed by atoms with Gasteiger partial charge >= 0.3 is 6.09 Å². The molecule has 4 aromatic rings. The molecule has 0 radical (unpaired) electrons. The van der Waals surface area contributed by atoms with Crippen molar-refractivity contribution in [2.45, 2.75) is 52.2 Å². The number of rotatable bonds is 9. The summed E-state index contributed by atoms with van der Waals surface area (Å²) < 4.78 is 28.2. The number of likely N-dealkylation sites (tertiary alicyclic amines) is 1. The van der Waals surface area contributed by atoms with Gasteiger partial charge in [-0.15, -0.1) is 0 Å². The number of hydrogen-bond donors (Lipinski definition) is 3. The second-order valence-corrected chi connectivity index (χ2v) is 16.8. The summed E-state index contributed by atoms with van der Waals surface area (Å²) in [6.07, 6.45) is 2.72. The number of ether oxygens (including phenoxy) is 1. The van der Waals surface area contributed by atoms with Crippen molar-refractivity contribution < 1.29 is 27.5 Å². The first kappa shape index (κ1) is 36.8. The van der Waals surface area contributed by atoms with Gasteiger partial charge in [-0.2, -0.15) is 0 Å². The number of amides is 3. The predicted octanol–water partition coefficient (Wildman–Crippen LogP) is 5.66. The van der Waals surface area contributed by atoms with Gasteiger partial charge in [0.1, 0.15) is 11.9 Å². The summed E-state index contributed by atoms with van der Waals surface area (Å²) in [5, 5.41) is 5.68. The molecule has 12 nitrogen and oxygen atoms in total. The highest BCUT2D eigenvalue weighted by molar-refractivity contribution is 7.91. The van der Waals surface area contributed by atoms with E-state index in [0.717, 1.165) is 40.8 Å². The third-order valence-electron chi connectivity index (χ3n) is 9.72. The van der Waals surface area contributed by atoms with Crippen LogP contribution >= 0.6 is 0 Å². The van der Waals surface area contributed by atoms with E-state index in [9.17, 15) is 22.8 Å². The molecule has 2 saturated heterocycles. The van der Waals surface area contributed by atoms with Crippen LogP contribution in [0.3, 0.4) is 0 Å². The topological polar surface area (TPSA) is 154 Å². The van der Waals surface area contributed by atoms with Gasteiger partial charge in [-0.05, 0) is 65.3 Å². The van der Waals surface area contributed by atoms with Gasteiger partial charge in [0.2, 0.25) is 5.91 Å². The number of H-pyrrole nitrogens is 1. The molecule has 3 heterocycles. The molecule has 3 aromatic carbocycles. The quantitative estimate of drug-likeness (QED) is 0.200. The standard InChI is InChI=1S/C39H46N6O6S/c1-39(2,3)34(43-38(48)51-4)37(47)45-18-6-9-33(45)35-40-24-32(42-35)30-8-5-7-29(23-30)27-12-14-28(15-13-27)36(46)41-31-16-10-26(11-17-31)25-44-19-21-52(49,50)22-20-44/h5,7-8,10-17,23-24,33-34H,6,9,18-22,25H2,1-4H3,(H,40,42)(H,41,46)(H,43,48)/t33-,34+/m0/s1. The van der Waals surface area contributed by atoms with Crippen LogP contribution < -0.4 is 10.6 Å². The molecule has 2 fully saturated rings. The maximum Gasteiger partial charge on any atom is 0.407 e. The Morgan fingerprint density at radius 1 is 0.942 bits per heavy atom. The molecule has 1 aromatic heterocycles. The number of aromatic nitrogens is 2. The van der Waals surface area contributed by atoms with Gasteiger partial charge in [0.15, 0.2) is 9.84 Å². The number of methoxy groups -OCH3 is 1. The molecule has 6 rings (SSSR count). The fraction of sp³-hybridized carbons (Fsp3) is 0.385. The minimum absolute atomic E-state index is 0.165. The molecule has 2 aliphatic rings. The number of nitrogens with zero attached hydrogens (tertiary/aromatic N) is 3. The predicted molar refractivity (Wildman–Crippen MR) is 200 cm³/mol. The van der Waals surface area contributed by atoms with Crippen molar-refractivity contribution in [3.63, 3.8) is 0 Å². The molecule has 13 heteroatoms. The first-order chi connectivity index (χ1) is 24.8. The lowest BCUT2D eigenvalue weighted by Gasteiger charge is -2.35. The Labute approximate surface area is 304 Å². The molecule has 0 unspecified atom stereocenters. The maximum atomic E-state index is 13.7. The van der Waals surface area contributed by atoms with E-state index in [1.807, 2.05) is 75.4 Å². The molecular weight excluding hydrogens is 681 g/mol. The van der Waals surface area contributed by atoms with Crippen molar-refractivity contribution in [3.05, 3.63) is 95.9 Å². The number of nitrogens with one attached hydrogen (secondary N) is 3. The number of alkyl carbamates (subject to hydrolysis) is 1. The number of sulfone groups is 1. The Balaban J connectivity index is 1.09. The van der Waals surface area contributed by atoms with Crippen molar-refractivity contribution in [1.82, 2.24) is 25.1 Å². The summed E-state index contributed by atoms with van der Waals surface area (Å²) in [6, 6.07) is 22.1. The van der Waals surface area contributed by atoms with Crippen molar-refractivity contribution in [2.75, 3.05) is 43.6 Å². The van der Waals surface area contributed by atoms with Gasteiger partial charge in [-0.25, -0.2) is 18.2 Å². The van der Waals surface area contributed by atoms with Crippen LogP contribution in [0.25, 0.3) is 22.4 Å². The summed E-state index contributed by atoms with van der Waals surface area (Å²) in [4.78, 5) is 50.9. The van der Waals surface area contributed by atoms with Crippen LogP contribution in [-0.2, 0) is 25.9 Å². The number of hydrogen-bond acceptors (Lipinski definition) is 8. The van der Waals surface area contributed by atoms with E-state index >= 15 is 0 Å². The van der Waals surface area contributed by atoms with Crippen LogP contribution in [0.4, 0.5) is 10.5 Å². The van der Waals surface area contributed by atoms with Crippen LogP contribution in [0.5, 0.6) is 0 Å². The average molecular weight is 727 g/mol. The zero-order chi connectivity index (χ0) is 37.0. The second-order valence-electron chi connectivity index (χ2n) is 14.5. The Hall–Kier alpha value is -5.01. The SMILES string of the molecule is COC(=O)N[C@H](C(=O)N1CCC[C@H]1c1ncc(-c2cccc(-c3ccc(C(=O)Nc4ccc(CN5CCS(=O)(=O)CC5)cc4)cc3)c2)[nH]1)C(C)(C)C. The van der Waals surface area contributed by atoms with Crippen LogP contribution in [-0.4, -0.2) is 90.4 Å². The van der Waals surface area contributed by atoms with E-state index in [4.69, 9.17) is 4.74 Å². The first-order valence-electron chi connectivity index (χ1n) is 17.5. The fourth-order valence-corrected chi connectivity index (χ4v) is 7.98. The molecule has 2 atom stereocenters. The van der Waals surface area contributed by atoms with Crippen molar-refractivity contribution in [3.8, 4) is 22.4 Å². The smallest absolute Gasteiger partial charge is 0.407 e. The van der Waals surface area contributed by atoms with Gasteiger partial charge in [-0.1, -0.05) is 63.2 Å². The number of carbonyl (C=O) groups is 3. The molecule has 2 aliphatic heterocycles. The lowest BCUT2D eigenvalue weighted by atomic mass is 9.85. The van der Waals surface area contributed by atoms with Crippen LogP contribution in [0.1, 0.15) is 61.4 Å². The van der Waals surface area contributed by atoms with Gasteiger partial charge in [0.05, 0.1) is 36.5 Å². The molecule has 0 aliphatic carbocycles. The molecular formula is C39H46N6O6S. The summed E-state index contributed by atoms with van der Waals surface area (Å²) in [5.74, 6) is 0.704. The van der Waals surface area contributed by atoms with Crippen molar-refractivity contribution in [1.29, 1.82) is 0 Å². The number of carbonyl (C=O) groups excluding carboxylic acids is 3. The highest BCUT2D eigenvalue weighted by atomic mass is 32.2. The van der Waals surface area contributed by atoms with E-state index in [1.165, 1.54) is 7.11 Å². The van der Waals surface area contributed by atoms with Crippen LogP contribution in [0.2, 0.25) is 0 Å². The van der Waals surface area contributed by atoms with Crippen LogP contribution in [0.15, 0.2) is 79.0 Å². The molecule has 3 N–H and O–H groups in total. The van der Waals surface area contributed by atoms with Crippen LogP contribution in [0, 0.1) is 5.41 Å². The monoisotopic (exact) mass is 726 g/mol. The lowest BCUT2D eigenvalue weighted by Crippen LogP contribution is -2.54. The normalized spacial score (nSPS) is 18.1. The molecule has 0 saturated carbocycles. The largest absolute Gasteiger partial charge is 0.453 e. The Bertz CT molecular complexity index is 2010. The lowest BCUT2D eigenvalue weighted by molar-refractivity contribution is -0.137. The minimum atomic E-state index is -2.91. The van der Waals surface area contributed by atoms with Crippen molar-refractivity contribution >= 4 is 33.4 Å². The molecule has 0 bridgehead atoms. The Morgan fingerprint density at radius 3 is 2.31 bits per heavy atom. The summed E-state index contributed by atoms with van der Waals surface area (Å²) in [5.41, 5.74) is 5.43. The Morgan fingerprint density at radius 2 is 1.63 bits per heavy atom. The highest BCUT2D eigenvalue weighted by Gasteiger charge is 2.41. The second kappa shape index (κ2) is 15.3. The van der Waals surface area contributed by atoms with Gasteiger partial charge < -0.3 is 25.3 Å². The summed E-state index contributed by atoms with van der Waals surface area (Å²) in [6.45, 7) is 8.04. The number of anilines is 1. The van der Waals surface area contributed by atoms with Gasteiger partial charge in [0, 0.05) is 43.0 Å². The number of aromatic amines is 1. The zero-order valence-corrected chi connectivity index (χ0v) is 30.8. The third kappa shape index (κ3) is 8.71. The van der Waals surface area contributed by atoms with Crippen molar-refractivity contribution in [2.24, 2.45) is 5.41 Å². The molecule has 0 spiro atoms. The van der Waals surface area contributed by atoms with E-state index < -0.39 is 27.4 Å². The maximum absolute atomic E-state index is 13.7. The fourth-order valence-electron chi connectivity index (χ4n) is 6.70. The average Bonchev–Trinajstić information content (AvgIpc) is 3.82. The molecule has 3 amide bonds. The Kier molecular flexibility index (Phi) is 10.8. The van der Waals surface area contributed by atoms with Gasteiger partial charge in [0.25, 0.3) is 5.91 Å². The summed E-state index contributed by atoms with van der Waals surface area (Å²) in [7, 11) is -1.63. The van der Waals surface area contributed by atoms with E-state index in [2.05, 4.69) is 31.6 Å². The van der Waals surface area contributed by atoms with E-state index in [1.54, 1.807) is 23.2 Å². The zero-order valence-electron chi connectivity index (χ0n) is 30.0. The highest BCUT2D eigenvalue weighted by Crippen LogP contribution is 2.35. The summed E-state index contributed by atoms with van der Waals surface area (Å²) >= 11 is 0. The van der Waals surface area contributed by atoms with E-state index in [-0.39, 0.29) is 29.4 Å². The number of benzene rings is 3. The number of imidazole rings is 1. The first-order valence-corrected chi connectivity index (χ1v) is 19.4. The third-order valence-corrected chi connectivity index (χ3v) is 11.3. The molecule has 52 heavy (non-hydrogen) atoms. The minimum Gasteiger partial charge on any atom is -0.453 e. The van der Waals surface area contributed by atoms with E-state index in [0.29, 0.717) is 43.3 Å². The molecule has 274 valence electrons.